The lowest BCUT2D eigenvalue weighted by Crippen LogP contribution is -2.33. The van der Waals surface area contributed by atoms with Gasteiger partial charge in [0.05, 0.1) is 24.0 Å². The Morgan fingerprint density at radius 2 is 2.00 bits per heavy atom. The van der Waals surface area contributed by atoms with E-state index in [1.54, 1.807) is 0 Å². The Bertz CT molecular complexity index is 702. The zero-order valence-electron chi connectivity index (χ0n) is 15.6. The topological polar surface area (TPSA) is 87.4 Å². The van der Waals surface area contributed by atoms with Crippen molar-refractivity contribution in [1.82, 2.24) is 0 Å². The van der Waals surface area contributed by atoms with Crippen molar-refractivity contribution < 1.29 is 28.2 Å². The molecular formula is C20H25F2NO4. The second-order valence-electron chi connectivity index (χ2n) is 6.57. The number of nitriles is 1. The highest BCUT2D eigenvalue weighted by Crippen LogP contribution is 2.39. The largest absolute Gasteiger partial charge is 0.481 e. The van der Waals surface area contributed by atoms with Crippen LogP contribution in [0.5, 0.6) is 0 Å². The summed E-state index contributed by atoms with van der Waals surface area (Å²) in [7, 11) is 0. The van der Waals surface area contributed by atoms with Gasteiger partial charge in [-0.2, -0.15) is 5.26 Å². The van der Waals surface area contributed by atoms with Crippen LogP contribution in [0.15, 0.2) is 18.2 Å². The quantitative estimate of drug-likeness (QED) is 0.576. The molecule has 1 aromatic rings. The van der Waals surface area contributed by atoms with Crippen LogP contribution in [-0.4, -0.2) is 23.7 Å². The van der Waals surface area contributed by atoms with Gasteiger partial charge in [0, 0.05) is 18.1 Å². The minimum Gasteiger partial charge on any atom is -0.481 e. The molecule has 0 spiro atoms. The van der Waals surface area contributed by atoms with Crippen LogP contribution in [0, 0.1) is 28.9 Å². The molecule has 0 amide bonds. The lowest BCUT2D eigenvalue weighted by Gasteiger charge is -2.30. The van der Waals surface area contributed by atoms with Crippen LogP contribution in [0.2, 0.25) is 0 Å². The standard InChI is InChI=1S/C20H25F2NO4/c1-3-5-14(19(26)27-10-4-2)12-20(13-23,9-8-18(24)25)16-7-6-15(21)11-17(16)22/h6-7,11,14H,3-5,8-10,12H2,1-2H3,(H,24,25). The summed E-state index contributed by atoms with van der Waals surface area (Å²) < 4.78 is 32.9. The Labute approximate surface area is 157 Å². The molecule has 2 unspecified atom stereocenters. The highest BCUT2D eigenvalue weighted by atomic mass is 19.1. The average Bonchev–Trinajstić information content (AvgIpc) is 2.62. The van der Waals surface area contributed by atoms with Crippen molar-refractivity contribution in [3.05, 3.63) is 35.4 Å². The van der Waals surface area contributed by atoms with E-state index in [0.29, 0.717) is 25.3 Å². The van der Waals surface area contributed by atoms with E-state index in [-0.39, 0.29) is 31.4 Å². The van der Waals surface area contributed by atoms with Crippen molar-refractivity contribution >= 4 is 11.9 Å². The molecule has 0 heterocycles. The predicted octanol–water partition coefficient (Wildman–Crippen LogP) is 4.35. The molecule has 7 heteroatoms. The van der Waals surface area contributed by atoms with E-state index >= 15 is 0 Å². The number of carboxylic acid groups (broad SMARTS) is 1. The molecule has 0 aliphatic carbocycles. The summed E-state index contributed by atoms with van der Waals surface area (Å²) in [4.78, 5) is 23.5. The SMILES string of the molecule is CCCOC(=O)C(CCC)CC(C#N)(CCC(=O)O)c1ccc(F)cc1F. The fourth-order valence-electron chi connectivity index (χ4n) is 3.10. The van der Waals surface area contributed by atoms with Gasteiger partial charge in [-0.1, -0.05) is 26.3 Å². The third kappa shape index (κ3) is 6.31. The molecule has 0 aliphatic rings. The Kier molecular flexibility index (Phi) is 8.86. The van der Waals surface area contributed by atoms with E-state index in [9.17, 15) is 23.6 Å². The molecule has 0 aromatic heterocycles. The van der Waals surface area contributed by atoms with Crippen LogP contribution >= 0.6 is 0 Å². The number of carbonyl (C=O) groups is 2. The first kappa shape index (κ1) is 22.6. The Balaban J connectivity index is 3.31. The van der Waals surface area contributed by atoms with Crippen molar-refractivity contribution in [3.8, 4) is 6.07 Å². The van der Waals surface area contributed by atoms with Crippen LogP contribution in [0.1, 0.15) is 57.9 Å². The lowest BCUT2D eigenvalue weighted by atomic mass is 9.71. The fourth-order valence-corrected chi connectivity index (χ4v) is 3.10. The van der Waals surface area contributed by atoms with E-state index < -0.39 is 34.9 Å². The number of carboxylic acids is 1. The molecule has 2 atom stereocenters. The molecule has 0 aliphatic heterocycles. The molecule has 5 nitrogen and oxygen atoms in total. The van der Waals surface area contributed by atoms with E-state index in [0.717, 1.165) is 12.1 Å². The predicted molar refractivity (Wildman–Crippen MR) is 94.8 cm³/mol. The second kappa shape index (κ2) is 10.6. The summed E-state index contributed by atoms with van der Waals surface area (Å²) in [5, 5.41) is 18.9. The molecular weight excluding hydrogens is 356 g/mol. The summed E-state index contributed by atoms with van der Waals surface area (Å²) in [6.07, 6.45) is 1.03. The van der Waals surface area contributed by atoms with E-state index in [1.165, 1.54) is 0 Å². The Morgan fingerprint density at radius 1 is 1.30 bits per heavy atom. The monoisotopic (exact) mass is 381 g/mol. The van der Waals surface area contributed by atoms with Crippen LogP contribution < -0.4 is 0 Å². The highest BCUT2D eigenvalue weighted by Gasteiger charge is 2.40. The molecule has 1 N–H and O–H groups in total. The maximum Gasteiger partial charge on any atom is 0.308 e. The number of halogens is 2. The van der Waals surface area contributed by atoms with Crippen molar-refractivity contribution in [2.75, 3.05) is 6.61 Å². The second-order valence-corrected chi connectivity index (χ2v) is 6.57. The van der Waals surface area contributed by atoms with Gasteiger partial charge in [-0.25, -0.2) is 8.78 Å². The maximum atomic E-state index is 14.4. The zero-order valence-corrected chi connectivity index (χ0v) is 15.6. The number of benzene rings is 1. The molecule has 0 saturated heterocycles. The van der Waals surface area contributed by atoms with Gasteiger partial charge in [-0.05, 0) is 31.7 Å². The first-order valence-corrected chi connectivity index (χ1v) is 9.04. The van der Waals surface area contributed by atoms with Crippen LogP contribution in [0.25, 0.3) is 0 Å². The van der Waals surface area contributed by atoms with Gasteiger partial charge in [0.1, 0.15) is 11.6 Å². The molecule has 1 rings (SSSR count). The molecule has 0 saturated carbocycles. The van der Waals surface area contributed by atoms with Gasteiger partial charge in [-0.3, -0.25) is 9.59 Å². The van der Waals surface area contributed by atoms with Gasteiger partial charge < -0.3 is 9.84 Å². The summed E-state index contributed by atoms with van der Waals surface area (Å²) in [5.74, 6) is -4.04. The van der Waals surface area contributed by atoms with Crippen LogP contribution in [-0.2, 0) is 19.7 Å². The number of hydrogen-bond donors (Lipinski definition) is 1. The highest BCUT2D eigenvalue weighted by molar-refractivity contribution is 5.73. The minimum absolute atomic E-state index is 0.0876. The summed E-state index contributed by atoms with van der Waals surface area (Å²) in [5.41, 5.74) is -1.67. The number of esters is 1. The maximum absolute atomic E-state index is 14.4. The van der Waals surface area contributed by atoms with E-state index in [2.05, 4.69) is 0 Å². The molecule has 0 fully saturated rings. The van der Waals surface area contributed by atoms with Gasteiger partial charge in [0.15, 0.2) is 0 Å². The number of carbonyl (C=O) groups excluding carboxylic acids is 1. The van der Waals surface area contributed by atoms with Gasteiger partial charge in [-0.15, -0.1) is 0 Å². The molecule has 0 radical (unpaired) electrons. The first-order chi connectivity index (χ1) is 12.8. The van der Waals surface area contributed by atoms with Crippen molar-refractivity contribution in [3.63, 3.8) is 0 Å². The number of rotatable bonds is 11. The van der Waals surface area contributed by atoms with Gasteiger partial charge in [0.25, 0.3) is 0 Å². The fraction of sp³-hybridized carbons (Fsp3) is 0.550. The molecule has 148 valence electrons. The smallest absolute Gasteiger partial charge is 0.308 e. The van der Waals surface area contributed by atoms with Gasteiger partial charge in [0.2, 0.25) is 0 Å². The Morgan fingerprint density at radius 3 is 2.52 bits per heavy atom. The third-order valence-corrected chi connectivity index (χ3v) is 4.44. The average molecular weight is 381 g/mol. The van der Waals surface area contributed by atoms with Crippen molar-refractivity contribution in [2.24, 2.45) is 5.92 Å². The third-order valence-electron chi connectivity index (χ3n) is 4.44. The van der Waals surface area contributed by atoms with Crippen molar-refractivity contribution in [2.45, 2.75) is 57.8 Å². The molecule has 27 heavy (non-hydrogen) atoms. The normalized spacial score (nSPS) is 14.0. The number of ether oxygens (including phenoxy) is 1. The van der Waals surface area contributed by atoms with Crippen LogP contribution in [0.3, 0.4) is 0 Å². The first-order valence-electron chi connectivity index (χ1n) is 9.04. The van der Waals surface area contributed by atoms with Crippen molar-refractivity contribution in [1.29, 1.82) is 5.26 Å². The summed E-state index contributed by atoms with van der Waals surface area (Å²) >= 11 is 0. The van der Waals surface area contributed by atoms with Gasteiger partial charge >= 0.3 is 11.9 Å². The molecule has 0 bridgehead atoms. The van der Waals surface area contributed by atoms with E-state index in [4.69, 9.17) is 9.84 Å². The number of aliphatic carboxylic acids is 1. The van der Waals surface area contributed by atoms with E-state index in [1.807, 2.05) is 19.9 Å². The summed E-state index contributed by atoms with van der Waals surface area (Å²) in [6, 6.07) is 4.85. The number of hydrogen-bond acceptors (Lipinski definition) is 4. The zero-order chi connectivity index (χ0) is 20.4. The minimum atomic E-state index is -1.57. The Hall–Kier alpha value is -2.49. The lowest BCUT2D eigenvalue weighted by molar-refractivity contribution is -0.149. The number of nitrogens with zero attached hydrogens (tertiary/aromatic N) is 1. The summed E-state index contributed by atoms with van der Waals surface area (Å²) in [6.45, 7) is 3.95. The molecule has 1 aromatic carbocycles. The van der Waals surface area contributed by atoms with Crippen LogP contribution in [0.4, 0.5) is 8.78 Å².